The number of carbonyl (C=O) groups is 1. The SMILES string of the molecule is CCNC(=NCc1cccc(OCCCOC)c1)N1CCN(CC(=O)NC2CC2)CC1. The molecule has 1 heterocycles. The first-order chi connectivity index (χ1) is 15.2. The van der Waals surface area contributed by atoms with Gasteiger partial charge in [-0.1, -0.05) is 12.1 Å². The summed E-state index contributed by atoms with van der Waals surface area (Å²) < 4.78 is 10.9. The van der Waals surface area contributed by atoms with Gasteiger partial charge in [-0.05, 0) is 37.5 Å². The second kappa shape index (κ2) is 12.5. The average Bonchev–Trinajstić information content (AvgIpc) is 3.59. The van der Waals surface area contributed by atoms with E-state index < -0.39 is 0 Å². The molecule has 1 saturated carbocycles. The van der Waals surface area contributed by atoms with Crippen LogP contribution in [0, 0.1) is 0 Å². The largest absolute Gasteiger partial charge is 0.493 e. The summed E-state index contributed by atoms with van der Waals surface area (Å²) in [6.45, 7) is 8.82. The first-order valence-electron chi connectivity index (χ1n) is 11.4. The maximum Gasteiger partial charge on any atom is 0.234 e. The summed E-state index contributed by atoms with van der Waals surface area (Å²) in [6.07, 6.45) is 3.13. The van der Waals surface area contributed by atoms with Crippen molar-refractivity contribution >= 4 is 11.9 Å². The number of rotatable bonds is 11. The number of benzene rings is 1. The van der Waals surface area contributed by atoms with E-state index in [2.05, 4.69) is 39.5 Å². The van der Waals surface area contributed by atoms with Gasteiger partial charge in [0.25, 0.3) is 0 Å². The van der Waals surface area contributed by atoms with Crippen LogP contribution in [0.3, 0.4) is 0 Å². The molecule has 3 rings (SSSR count). The van der Waals surface area contributed by atoms with E-state index in [1.165, 1.54) is 0 Å². The molecule has 0 unspecified atom stereocenters. The van der Waals surface area contributed by atoms with Crippen LogP contribution in [0.25, 0.3) is 0 Å². The fraction of sp³-hybridized carbons (Fsp3) is 0.652. The molecule has 1 aliphatic heterocycles. The third-order valence-corrected chi connectivity index (χ3v) is 5.39. The molecule has 1 saturated heterocycles. The van der Waals surface area contributed by atoms with E-state index in [1.54, 1.807) is 7.11 Å². The Hall–Kier alpha value is -2.32. The number of ether oxygens (including phenoxy) is 2. The third kappa shape index (κ3) is 8.38. The molecule has 1 aliphatic carbocycles. The smallest absolute Gasteiger partial charge is 0.234 e. The Morgan fingerprint density at radius 1 is 1.19 bits per heavy atom. The molecule has 0 aromatic heterocycles. The van der Waals surface area contributed by atoms with Crippen molar-refractivity contribution in [1.29, 1.82) is 0 Å². The lowest BCUT2D eigenvalue weighted by Gasteiger charge is -2.36. The monoisotopic (exact) mass is 431 g/mol. The molecule has 2 fully saturated rings. The molecule has 1 amide bonds. The van der Waals surface area contributed by atoms with Crippen LogP contribution in [0.2, 0.25) is 0 Å². The van der Waals surface area contributed by atoms with Gasteiger partial charge >= 0.3 is 0 Å². The summed E-state index contributed by atoms with van der Waals surface area (Å²) >= 11 is 0. The van der Waals surface area contributed by atoms with Gasteiger partial charge in [0, 0.05) is 58.9 Å². The van der Waals surface area contributed by atoms with Crippen molar-refractivity contribution in [3.8, 4) is 5.75 Å². The van der Waals surface area contributed by atoms with Crippen LogP contribution < -0.4 is 15.4 Å². The first kappa shape index (κ1) is 23.3. The van der Waals surface area contributed by atoms with Crippen LogP contribution in [0.4, 0.5) is 0 Å². The fourth-order valence-electron chi connectivity index (χ4n) is 3.54. The predicted molar refractivity (Wildman–Crippen MR) is 122 cm³/mol. The number of piperazine rings is 1. The molecule has 0 radical (unpaired) electrons. The number of hydrogen-bond donors (Lipinski definition) is 2. The maximum atomic E-state index is 12.0. The van der Waals surface area contributed by atoms with Gasteiger partial charge in [0.05, 0.1) is 19.7 Å². The number of aliphatic imine (C=N–C) groups is 1. The Labute approximate surface area is 186 Å². The third-order valence-electron chi connectivity index (χ3n) is 5.39. The second-order valence-corrected chi connectivity index (χ2v) is 8.12. The van der Waals surface area contributed by atoms with Crippen molar-refractivity contribution < 1.29 is 14.3 Å². The topological polar surface area (TPSA) is 78.4 Å². The molecular formula is C23H37N5O3. The highest BCUT2D eigenvalue weighted by atomic mass is 16.5. The van der Waals surface area contributed by atoms with E-state index in [0.717, 1.165) is 69.3 Å². The van der Waals surface area contributed by atoms with Gasteiger partial charge in [0.1, 0.15) is 5.75 Å². The quantitative estimate of drug-likeness (QED) is 0.314. The van der Waals surface area contributed by atoms with Crippen molar-refractivity contribution in [1.82, 2.24) is 20.4 Å². The van der Waals surface area contributed by atoms with Crippen molar-refractivity contribution in [2.24, 2.45) is 4.99 Å². The molecule has 0 atom stereocenters. The summed E-state index contributed by atoms with van der Waals surface area (Å²) in [5, 5.41) is 6.48. The second-order valence-electron chi connectivity index (χ2n) is 8.12. The zero-order valence-corrected chi connectivity index (χ0v) is 18.9. The lowest BCUT2D eigenvalue weighted by atomic mass is 10.2. The lowest BCUT2D eigenvalue weighted by molar-refractivity contribution is -0.122. The van der Waals surface area contributed by atoms with Gasteiger partial charge in [-0.15, -0.1) is 0 Å². The molecule has 2 aliphatic rings. The number of guanidine groups is 1. The molecule has 8 nitrogen and oxygen atoms in total. The molecular weight excluding hydrogens is 394 g/mol. The highest BCUT2D eigenvalue weighted by Crippen LogP contribution is 2.18. The molecule has 1 aromatic carbocycles. The van der Waals surface area contributed by atoms with Crippen molar-refractivity contribution in [3.05, 3.63) is 29.8 Å². The van der Waals surface area contributed by atoms with E-state index in [9.17, 15) is 4.79 Å². The van der Waals surface area contributed by atoms with Crippen molar-refractivity contribution in [2.75, 3.05) is 59.6 Å². The molecule has 2 N–H and O–H groups in total. The van der Waals surface area contributed by atoms with E-state index in [1.807, 2.05) is 12.1 Å². The number of amides is 1. The number of carbonyl (C=O) groups excluding carboxylic acids is 1. The highest BCUT2D eigenvalue weighted by Gasteiger charge is 2.25. The first-order valence-corrected chi connectivity index (χ1v) is 11.4. The summed E-state index contributed by atoms with van der Waals surface area (Å²) in [4.78, 5) is 21.4. The summed E-state index contributed by atoms with van der Waals surface area (Å²) in [7, 11) is 1.70. The molecule has 0 bridgehead atoms. The summed E-state index contributed by atoms with van der Waals surface area (Å²) in [6, 6.07) is 8.54. The van der Waals surface area contributed by atoms with Crippen LogP contribution in [-0.4, -0.2) is 87.3 Å². The Kier molecular flexibility index (Phi) is 9.42. The van der Waals surface area contributed by atoms with Gasteiger partial charge in [-0.25, -0.2) is 4.99 Å². The molecule has 1 aromatic rings. The fourth-order valence-corrected chi connectivity index (χ4v) is 3.54. The van der Waals surface area contributed by atoms with Crippen molar-refractivity contribution in [3.63, 3.8) is 0 Å². The minimum atomic E-state index is 0.154. The van der Waals surface area contributed by atoms with E-state index in [4.69, 9.17) is 14.5 Å². The molecule has 172 valence electrons. The zero-order chi connectivity index (χ0) is 21.9. The minimum absolute atomic E-state index is 0.154. The van der Waals surface area contributed by atoms with Crippen molar-refractivity contribution in [2.45, 2.75) is 38.8 Å². The van der Waals surface area contributed by atoms with Crippen LogP contribution in [-0.2, 0) is 16.1 Å². The number of methoxy groups -OCH3 is 1. The van der Waals surface area contributed by atoms with Gasteiger partial charge in [0.2, 0.25) is 5.91 Å². The van der Waals surface area contributed by atoms with Gasteiger partial charge in [0.15, 0.2) is 5.96 Å². The Morgan fingerprint density at radius 3 is 2.71 bits per heavy atom. The van der Waals surface area contributed by atoms with Crippen LogP contribution in [0.5, 0.6) is 5.75 Å². The number of nitrogens with zero attached hydrogens (tertiary/aromatic N) is 3. The van der Waals surface area contributed by atoms with Crippen LogP contribution in [0.15, 0.2) is 29.3 Å². The minimum Gasteiger partial charge on any atom is -0.493 e. The lowest BCUT2D eigenvalue weighted by Crippen LogP contribution is -2.54. The van der Waals surface area contributed by atoms with Gasteiger partial charge < -0.3 is 25.0 Å². The summed E-state index contributed by atoms with van der Waals surface area (Å²) in [5.41, 5.74) is 1.12. The Morgan fingerprint density at radius 2 is 2.00 bits per heavy atom. The number of hydrogen-bond acceptors (Lipinski definition) is 5. The average molecular weight is 432 g/mol. The Balaban J connectivity index is 1.48. The normalized spacial score (nSPS) is 17.5. The van der Waals surface area contributed by atoms with Crippen LogP contribution >= 0.6 is 0 Å². The zero-order valence-electron chi connectivity index (χ0n) is 18.9. The molecule has 0 spiro atoms. The van der Waals surface area contributed by atoms with Gasteiger partial charge in [-0.3, -0.25) is 9.69 Å². The Bertz CT molecular complexity index is 715. The standard InChI is InChI=1S/C23H37N5O3/c1-3-24-23(25-17-19-6-4-7-21(16-19)31-15-5-14-30-2)28-12-10-27(11-13-28)18-22(29)26-20-8-9-20/h4,6-7,16,20H,3,5,8-15,17-18H2,1-2H3,(H,24,25)(H,26,29). The maximum absolute atomic E-state index is 12.0. The number of nitrogens with one attached hydrogen (secondary N) is 2. The highest BCUT2D eigenvalue weighted by molar-refractivity contribution is 5.80. The molecule has 31 heavy (non-hydrogen) atoms. The van der Waals surface area contributed by atoms with E-state index >= 15 is 0 Å². The van der Waals surface area contributed by atoms with Crippen LogP contribution in [0.1, 0.15) is 31.7 Å². The molecule has 8 heteroatoms. The van der Waals surface area contributed by atoms with E-state index in [-0.39, 0.29) is 5.91 Å². The van der Waals surface area contributed by atoms with E-state index in [0.29, 0.717) is 32.3 Å². The van der Waals surface area contributed by atoms with Gasteiger partial charge in [-0.2, -0.15) is 0 Å². The summed E-state index contributed by atoms with van der Waals surface area (Å²) in [5.74, 6) is 1.95. The predicted octanol–water partition coefficient (Wildman–Crippen LogP) is 1.46.